The number of anilines is 1. The second-order valence-electron chi connectivity index (χ2n) is 4.67. The highest BCUT2D eigenvalue weighted by molar-refractivity contribution is 5.40. The van der Waals surface area contributed by atoms with Crippen molar-refractivity contribution in [2.45, 2.75) is 38.5 Å². The van der Waals surface area contributed by atoms with Crippen LogP contribution in [-0.2, 0) is 4.74 Å². The molecule has 1 aromatic heterocycles. The van der Waals surface area contributed by atoms with Crippen LogP contribution in [0.3, 0.4) is 0 Å². The Morgan fingerprint density at radius 3 is 2.76 bits per heavy atom. The summed E-state index contributed by atoms with van der Waals surface area (Å²) in [4.78, 5) is 6.55. The lowest BCUT2D eigenvalue weighted by molar-refractivity contribution is 0.118. The van der Waals surface area contributed by atoms with Gasteiger partial charge in [-0.1, -0.05) is 6.07 Å². The van der Waals surface area contributed by atoms with E-state index in [2.05, 4.69) is 16.8 Å². The summed E-state index contributed by atoms with van der Waals surface area (Å²) in [6, 6.07) is 4.26. The van der Waals surface area contributed by atoms with Gasteiger partial charge in [-0.15, -0.1) is 0 Å². The van der Waals surface area contributed by atoms with E-state index in [9.17, 15) is 5.11 Å². The first-order valence-electron chi connectivity index (χ1n) is 6.08. The Kier molecular flexibility index (Phi) is 3.64. The third kappa shape index (κ3) is 2.58. The Morgan fingerprint density at radius 1 is 1.53 bits per heavy atom. The summed E-state index contributed by atoms with van der Waals surface area (Å²) >= 11 is 0. The molecular formula is C13H20N2O2. The van der Waals surface area contributed by atoms with E-state index in [0.717, 1.165) is 24.4 Å². The summed E-state index contributed by atoms with van der Waals surface area (Å²) in [5, 5.41) is 9.43. The molecule has 0 saturated carbocycles. The molecule has 94 valence electrons. The molecule has 1 N–H and O–H groups in total. The van der Waals surface area contributed by atoms with Gasteiger partial charge in [0.2, 0.25) is 0 Å². The highest BCUT2D eigenvalue weighted by Crippen LogP contribution is 2.23. The van der Waals surface area contributed by atoms with Gasteiger partial charge in [0.1, 0.15) is 5.82 Å². The van der Waals surface area contributed by atoms with Crippen molar-refractivity contribution in [2.75, 3.05) is 18.6 Å². The smallest absolute Gasteiger partial charge is 0.128 e. The first-order valence-corrected chi connectivity index (χ1v) is 6.08. The molecule has 2 rings (SSSR count). The Balaban J connectivity index is 2.11. The van der Waals surface area contributed by atoms with Crippen LogP contribution in [-0.4, -0.2) is 35.9 Å². The third-order valence-electron chi connectivity index (χ3n) is 3.45. The minimum absolute atomic E-state index is 0.248. The predicted octanol–water partition coefficient (Wildman–Crippen LogP) is 1.75. The maximum absolute atomic E-state index is 9.43. The molecular weight excluding hydrogens is 216 g/mol. The average Bonchev–Trinajstić information content (AvgIpc) is 2.74. The molecule has 2 heterocycles. The van der Waals surface area contributed by atoms with Crippen molar-refractivity contribution in [2.24, 2.45) is 0 Å². The molecule has 17 heavy (non-hydrogen) atoms. The lowest BCUT2D eigenvalue weighted by Crippen LogP contribution is -2.37. The highest BCUT2D eigenvalue weighted by atomic mass is 16.5. The number of hydrogen-bond acceptors (Lipinski definition) is 4. The molecule has 0 amide bonds. The van der Waals surface area contributed by atoms with Gasteiger partial charge in [0.15, 0.2) is 0 Å². The zero-order chi connectivity index (χ0) is 12.4. The molecule has 2 unspecified atom stereocenters. The Morgan fingerprint density at radius 2 is 2.29 bits per heavy atom. The number of nitrogens with zero attached hydrogens (tertiary/aromatic N) is 2. The van der Waals surface area contributed by atoms with Gasteiger partial charge in [0.25, 0.3) is 0 Å². The largest absolute Gasteiger partial charge is 0.389 e. The quantitative estimate of drug-likeness (QED) is 0.868. The molecule has 4 heteroatoms. The molecule has 0 bridgehead atoms. The summed E-state index contributed by atoms with van der Waals surface area (Å²) in [7, 11) is 2.04. The Labute approximate surface area is 102 Å². The van der Waals surface area contributed by atoms with Crippen LogP contribution in [0.5, 0.6) is 0 Å². The minimum Gasteiger partial charge on any atom is -0.389 e. The second kappa shape index (κ2) is 5.02. The maximum Gasteiger partial charge on any atom is 0.128 e. The summed E-state index contributed by atoms with van der Waals surface area (Å²) in [5.74, 6) is 0.928. The molecule has 1 aliphatic heterocycles. The molecule has 0 spiro atoms. The van der Waals surface area contributed by atoms with E-state index < -0.39 is 6.10 Å². The number of aliphatic hydroxyl groups is 1. The number of ether oxygens (including phenoxy) is 1. The Bertz CT molecular complexity index is 364. The summed E-state index contributed by atoms with van der Waals surface area (Å²) in [6.07, 6.45) is 2.56. The number of rotatable bonds is 3. The van der Waals surface area contributed by atoms with E-state index in [1.165, 1.54) is 0 Å². The molecule has 1 fully saturated rings. The zero-order valence-electron chi connectivity index (χ0n) is 10.6. The van der Waals surface area contributed by atoms with Crippen molar-refractivity contribution in [1.82, 2.24) is 4.98 Å². The van der Waals surface area contributed by atoms with Crippen molar-refractivity contribution >= 4 is 5.82 Å². The van der Waals surface area contributed by atoms with Crippen LogP contribution < -0.4 is 4.90 Å². The van der Waals surface area contributed by atoms with Crippen LogP contribution in [0.25, 0.3) is 0 Å². The summed E-state index contributed by atoms with van der Waals surface area (Å²) < 4.78 is 5.56. The fourth-order valence-electron chi connectivity index (χ4n) is 2.25. The summed E-state index contributed by atoms with van der Waals surface area (Å²) in [5.41, 5.74) is 0.845. The number of hydrogen-bond donors (Lipinski definition) is 1. The topological polar surface area (TPSA) is 45.6 Å². The normalized spacial score (nSPS) is 25.9. The number of pyridine rings is 1. The lowest BCUT2D eigenvalue weighted by Gasteiger charge is -2.27. The van der Waals surface area contributed by atoms with Gasteiger partial charge in [-0.25, -0.2) is 4.98 Å². The van der Waals surface area contributed by atoms with Crippen molar-refractivity contribution in [3.63, 3.8) is 0 Å². The van der Waals surface area contributed by atoms with Crippen molar-refractivity contribution in [3.05, 3.63) is 23.9 Å². The lowest BCUT2D eigenvalue weighted by atomic mass is 10.1. The van der Waals surface area contributed by atoms with E-state index in [0.29, 0.717) is 6.04 Å². The van der Waals surface area contributed by atoms with E-state index in [-0.39, 0.29) is 6.10 Å². The molecule has 0 aromatic carbocycles. The van der Waals surface area contributed by atoms with Gasteiger partial charge in [0.05, 0.1) is 18.2 Å². The molecule has 3 atom stereocenters. The standard InChI is InChI=1S/C13H20N2O2/c1-9(16)11-4-5-13(14-8-11)15(3)12-6-7-17-10(12)2/h4-5,8-10,12,16H,6-7H2,1-3H3/t9-,10?,12?/m0/s1. The van der Waals surface area contributed by atoms with Gasteiger partial charge >= 0.3 is 0 Å². The summed E-state index contributed by atoms with van der Waals surface area (Å²) in [6.45, 7) is 4.66. The van der Waals surface area contributed by atoms with Crippen molar-refractivity contribution < 1.29 is 9.84 Å². The van der Waals surface area contributed by atoms with Gasteiger partial charge in [-0.05, 0) is 31.9 Å². The SMILES string of the molecule is CC1OCCC1N(C)c1ccc([C@H](C)O)cn1. The van der Waals surface area contributed by atoms with Crippen LogP contribution >= 0.6 is 0 Å². The van der Waals surface area contributed by atoms with Gasteiger partial charge in [0, 0.05) is 19.9 Å². The van der Waals surface area contributed by atoms with E-state index in [4.69, 9.17) is 4.74 Å². The first kappa shape index (κ1) is 12.3. The zero-order valence-corrected chi connectivity index (χ0v) is 10.6. The first-order chi connectivity index (χ1) is 8.09. The van der Waals surface area contributed by atoms with Crippen LogP contribution in [0.4, 0.5) is 5.82 Å². The molecule has 1 aromatic rings. The van der Waals surface area contributed by atoms with Gasteiger partial charge in [-0.2, -0.15) is 0 Å². The fraction of sp³-hybridized carbons (Fsp3) is 0.615. The van der Waals surface area contributed by atoms with E-state index in [1.807, 2.05) is 19.2 Å². The minimum atomic E-state index is -0.462. The molecule has 1 saturated heterocycles. The van der Waals surface area contributed by atoms with E-state index in [1.54, 1.807) is 13.1 Å². The van der Waals surface area contributed by atoms with Crippen molar-refractivity contribution in [3.8, 4) is 0 Å². The van der Waals surface area contributed by atoms with Crippen LogP contribution in [0.15, 0.2) is 18.3 Å². The maximum atomic E-state index is 9.43. The van der Waals surface area contributed by atoms with Crippen LogP contribution in [0, 0.1) is 0 Å². The predicted molar refractivity (Wildman–Crippen MR) is 67.1 cm³/mol. The third-order valence-corrected chi connectivity index (χ3v) is 3.45. The second-order valence-corrected chi connectivity index (χ2v) is 4.67. The monoisotopic (exact) mass is 236 g/mol. The number of likely N-dealkylation sites (N-methyl/N-ethyl adjacent to an activating group) is 1. The van der Waals surface area contributed by atoms with Gasteiger partial charge < -0.3 is 14.7 Å². The number of aromatic nitrogens is 1. The molecule has 4 nitrogen and oxygen atoms in total. The number of aliphatic hydroxyl groups excluding tert-OH is 1. The molecule has 0 aliphatic carbocycles. The fourth-order valence-corrected chi connectivity index (χ4v) is 2.25. The highest BCUT2D eigenvalue weighted by Gasteiger charge is 2.28. The van der Waals surface area contributed by atoms with E-state index >= 15 is 0 Å². The van der Waals surface area contributed by atoms with Crippen LogP contribution in [0.2, 0.25) is 0 Å². The molecule has 1 aliphatic rings. The Hall–Kier alpha value is -1.13. The van der Waals surface area contributed by atoms with Crippen molar-refractivity contribution in [1.29, 1.82) is 0 Å². The van der Waals surface area contributed by atoms with Gasteiger partial charge in [-0.3, -0.25) is 0 Å². The molecule has 0 radical (unpaired) electrons. The van der Waals surface area contributed by atoms with Crippen LogP contribution in [0.1, 0.15) is 31.9 Å². The average molecular weight is 236 g/mol.